The third-order valence-electron chi connectivity index (χ3n) is 5.67. The molecule has 1 aromatic rings. The molecule has 2 fully saturated rings. The molecule has 1 aliphatic carbocycles. The van der Waals surface area contributed by atoms with E-state index in [2.05, 4.69) is 29.0 Å². The zero-order valence-electron chi connectivity index (χ0n) is 14.9. The fraction of sp³-hybridized carbons (Fsp3) is 0.684. The van der Waals surface area contributed by atoms with Gasteiger partial charge in [0.25, 0.3) is 0 Å². The van der Waals surface area contributed by atoms with Gasteiger partial charge in [-0.05, 0) is 43.4 Å². The lowest BCUT2D eigenvalue weighted by atomic mass is 9.82. The lowest BCUT2D eigenvalue weighted by Gasteiger charge is -2.28. The summed E-state index contributed by atoms with van der Waals surface area (Å²) >= 11 is 0. The van der Waals surface area contributed by atoms with Gasteiger partial charge in [-0.2, -0.15) is 0 Å². The van der Waals surface area contributed by atoms with Gasteiger partial charge < -0.3 is 10.1 Å². The Morgan fingerprint density at radius 2 is 2.04 bits per heavy atom. The Morgan fingerprint density at radius 3 is 2.71 bits per heavy atom. The topological polar surface area (TPSA) is 54.5 Å². The number of morpholine rings is 1. The maximum absolute atomic E-state index is 12.8. The molecule has 5 nitrogen and oxygen atoms in total. The lowest BCUT2D eigenvalue weighted by Crippen LogP contribution is -2.36. The number of amides is 1. The van der Waals surface area contributed by atoms with Crippen molar-refractivity contribution in [3.63, 3.8) is 0 Å². The molecule has 2 aliphatic rings. The zero-order valence-corrected chi connectivity index (χ0v) is 14.9. The monoisotopic (exact) mass is 331 g/mol. The van der Waals surface area contributed by atoms with E-state index >= 15 is 0 Å². The van der Waals surface area contributed by atoms with Crippen molar-refractivity contribution in [1.29, 1.82) is 0 Å². The molecule has 3 rings (SSSR count). The highest BCUT2D eigenvalue weighted by Gasteiger charge is 2.39. The van der Waals surface area contributed by atoms with E-state index in [-0.39, 0.29) is 11.3 Å². The van der Waals surface area contributed by atoms with E-state index in [1.54, 1.807) is 0 Å². The fourth-order valence-electron chi connectivity index (χ4n) is 3.85. The van der Waals surface area contributed by atoms with Crippen molar-refractivity contribution in [1.82, 2.24) is 9.88 Å². The average Bonchev–Trinajstić information content (AvgIpc) is 3.09. The van der Waals surface area contributed by atoms with E-state index in [1.165, 1.54) is 11.1 Å². The summed E-state index contributed by atoms with van der Waals surface area (Å²) in [7, 11) is 0. The molecule has 24 heavy (non-hydrogen) atoms. The molecule has 1 aromatic heterocycles. The van der Waals surface area contributed by atoms with Gasteiger partial charge >= 0.3 is 0 Å². The van der Waals surface area contributed by atoms with Crippen molar-refractivity contribution < 1.29 is 9.53 Å². The minimum absolute atomic E-state index is 0.149. The number of carbonyl (C=O) groups excluding carboxylic acids is 1. The number of ether oxygens (including phenoxy) is 1. The summed E-state index contributed by atoms with van der Waals surface area (Å²) < 4.78 is 5.41. The Hall–Kier alpha value is -1.46. The Bertz CT molecular complexity index is 576. The third kappa shape index (κ3) is 3.78. The lowest BCUT2D eigenvalue weighted by molar-refractivity contribution is -0.125. The molecule has 1 amide bonds. The number of anilines is 1. The minimum atomic E-state index is -0.184. The maximum atomic E-state index is 12.8. The van der Waals surface area contributed by atoms with Crippen LogP contribution in [-0.4, -0.2) is 42.1 Å². The summed E-state index contributed by atoms with van der Waals surface area (Å²) in [6.07, 6.45) is 7.10. The van der Waals surface area contributed by atoms with Crippen LogP contribution in [-0.2, 0) is 16.1 Å². The molecular formula is C19H29N3O2. The van der Waals surface area contributed by atoms with Gasteiger partial charge in [0, 0.05) is 31.2 Å². The summed E-state index contributed by atoms with van der Waals surface area (Å²) in [5, 5.41) is 3.09. The largest absolute Gasteiger partial charge is 0.379 e. The number of pyridine rings is 1. The van der Waals surface area contributed by atoms with Gasteiger partial charge in [0.1, 0.15) is 5.82 Å². The number of aryl methyl sites for hydroxylation is 1. The highest BCUT2D eigenvalue weighted by atomic mass is 16.5. The highest BCUT2D eigenvalue weighted by molar-refractivity contribution is 5.94. The molecule has 1 aliphatic heterocycles. The third-order valence-corrected chi connectivity index (χ3v) is 5.67. The summed E-state index contributed by atoms with van der Waals surface area (Å²) in [5.74, 6) is 0.838. The fourth-order valence-corrected chi connectivity index (χ4v) is 3.85. The zero-order chi connectivity index (χ0) is 17.0. The second-order valence-electron chi connectivity index (χ2n) is 7.18. The first kappa shape index (κ1) is 17.4. The number of nitrogens with zero attached hydrogens (tertiary/aromatic N) is 2. The minimum Gasteiger partial charge on any atom is -0.379 e. The van der Waals surface area contributed by atoms with Gasteiger partial charge in [-0.1, -0.05) is 19.8 Å². The van der Waals surface area contributed by atoms with Crippen LogP contribution in [0.15, 0.2) is 12.3 Å². The van der Waals surface area contributed by atoms with Crippen molar-refractivity contribution in [2.75, 3.05) is 31.6 Å². The predicted octanol–water partition coefficient (Wildman–Crippen LogP) is 3.13. The van der Waals surface area contributed by atoms with Crippen LogP contribution in [0.5, 0.6) is 0 Å². The van der Waals surface area contributed by atoms with Gasteiger partial charge in [0.2, 0.25) is 5.91 Å². The molecule has 0 aromatic carbocycles. The summed E-state index contributed by atoms with van der Waals surface area (Å²) in [5.41, 5.74) is 2.22. The highest BCUT2D eigenvalue weighted by Crippen LogP contribution is 2.41. The number of rotatable bonds is 5. The second-order valence-corrected chi connectivity index (χ2v) is 7.18. The van der Waals surface area contributed by atoms with Gasteiger partial charge in [-0.3, -0.25) is 9.69 Å². The predicted molar refractivity (Wildman–Crippen MR) is 94.9 cm³/mol. The second kappa shape index (κ2) is 7.62. The van der Waals surface area contributed by atoms with Crippen molar-refractivity contribution >= 4 is 11.7 Å². The Kier molecular flexibility index (Phi) is 5.51. The molecule has 0 radical (unpaired) electrons. The summed E-state index contributed by atoms with van der Waals surface area (Å²) in [4.78, 5) is 19.6. The van der Waals surface area contributed by atoms with Crippen molar-refractivity contribution in [2.24, 2.45) is 5.41 Å². The van der Waals surface area contributed by atoms with Crippen LogP contribution in [0.2, 0.25) is 0 Å². The molecule has 132 valence electrons. The van der Waals surface area contributed by atoms with E-state index in [0.29, 0.717) is 5.82 Å². The Labute approximate surface area is 144 Å². The SMILES string of the molecule is CCC1(C(=O)Nc2cc(CN3CCOCC3)c(C)cn2)CCCC1. The van der Waals surface area contributed by atoms with E-state index in [9.17, 15) is 4.79 Å². The van der Waals surface area contributed by atoms with Crippen LogP contribution in [0.4, 0.5) is 5.82 Å². The van der Waals surface area contributed by atoms with Gasteiger partial charge in [0.15, 0.2) is 0 Å². The standard InChI is InChI=1S/C19H29N3O2/c1-3-19(6-4-5-7-19)18(23)21-17-12-16(15(2)13-20-17)14-22-8-10-24-11-9-22/h12-13H,3-11,14H2,1-2H3,(H,20,21,23). The van der Waals surface area contributed by atoms with Gasteiger partial charge in [0.05, 0.1) is 13.2 Å². The summed E-state index contributed by atoms with van der Waals surface area (Å²) in [6.45, 7) is 8.61. The van der Waals surface area contributed by atoms with Crippen LogP contribution in [0.1, 0.15) is 50.2 Å². The molecule has 0 atom stereocenters. The smallest absolute Gasteiger partial charge is 0.231 e. The van der Waals surface area contributed by atoms with Crippen molar-refractivity contribution in [3.8, 4) is 0 Å². The molecule has 5 heteroatoms. The number of aromatic nitrogens is 1. The first-order chi connectivity index (χ1) is 11.6. The van der Waals surface area contributed by atoms with Crippen LogP contribution in [0.3, 0.4) is 0 Å². The normalized spacial score (nSPS) is 20.9. The van der Waals surface area contributed by atoms with E-state index in [0.717, 1.165) is 65.0 Å². The number of hydrogen-bond acceptors (Lipinski definition) is 4. The molecule has 0 spiro atoms. The molecule has 1 saturated heterocycles. The van der Waals surface area contributed by atoms with E-state index in [4.69, 9.17) is 4.74 Å². The molecule has 1 saturated carbocycles. The van der Waals surface area contributed by atoms with Crippen LogP contribution in [0.25, 0.3) is 0 Å². The number of hydrogen-bond donors (Lipinski definition) is 1. The Morgan fingerprint density at radius 1 is 1.33 bits per heavy atom. The molecule has 1 N–H and O–H groups in total. The maximum Gasteiger partial charge on any atom is 0.231 e. The molecule has 0 bridgehead atoms. The molecule has 0 unspecified atom stereocenters. The van der Waals surface area contributed by atoms with Crippen LogP contribution in [0, 0.1) is 12.3 Å². The first-order valence-electron chi connectivity index (χ1n) is 9.20. The van der Waals surface area contributed by atoms with Crippen molar-refractivity contribution in [2.45, 2.75) is 52.5 Å². The Balaban J connectivity index is 1.69. The summed E-state index contributed by atoms with van der Waals surface area (Å²) in [6, 6.07) is 2.04. The molecular weight excluding hydrogens is 302 g/mol. The van der Waals surface area contributed by atoms with Crippen molar-refractivity contribution in [3.05, 3.63) is 23.4 Å². The average molecular weight is 331 g/mol. The van der Waals surface area contributed by atoms with E-state index in [1.807, 2.05) is 12.3 Å². The van der Waals surface area contributed by atoms with Crippen LogP contribution >= 0.6 is 0 Å². The molecule has 2 heterocycles. The van der Waals surface area contributed by atoms with Gasteiger partial charge in [-0.15, -0.1) is 0 Å². The van der Waals surface area contributed by atoms with E-state index < -0.39 is 0 Å². The number of carbonyl (C=O) groups is 1. The van der Waals surface area contributed by atoms with Crippen LogP contribution < -0.4 is 5.32 Å². The van der Waals surface area contributed by atoms with Gasteiger partial charge in [-0.25, -0.2) is 4.98 Å². The number of nitrogens with one attached hydrogen (secondary N) is 1. The quantitative estimate of drug-likeness (QED) is 0.900. The first-order valence-corrected chi connectivity index (χ1v) is 9.20.